The summed E-state index contributed by atoms with van der Waals surface area (Å²) in [5.41, 5.74) is 3.58. The number of amides is 1. The number of rotatable bonds is 4. The Bertz CT molecular complexity index is 755. The first-order chi connectivity index (χ1) is 12.1. The first-order valence-electron chi connectivity index (χ1n) is 8.62. The molecule has 1 aliphatic rings. The van der Waals surface area contributed by atoms with E-state index in [9.17, 15) is 4.79 Å². The number of carbonyl (C=O) groups is 1. The molecular formula is C19H24N4O2. The zero-order valence-electron chi connectivity index (χ0n) is 15.0. The molecule has 0 atom stereocenters. The van der Waals surface area contributed by atoms with E-state index in [-0.39, 0.29) is 5.91 Å². The lowest BCUT2D eigenvalue weighted by Crippen LogP contribution is -2.39. The molecule has 0 N–H and O–H groups in total. The molecule has 6 heteroatoms. The first kappa shape index (κ1) is 17.5. The van der Waals surface area contributed by atoms with Gasteiger partial charge in [-0.2, -0.15) is 0 Å². The van der Waals surface area contributed by atoms with Crippen molar-refractivity contribution in [3.05, 3.63) is 52.9 Å². The zero-order chi connectivity index (χ0) is 17.8. The number of methoxy groups -OCH3 is 1. The topological polar surface area (TPSA) is 68.2 Å². The third kappa shape index (κ3) is 3.85. The number of nitrogens with zero attached hydrogens (tertiary/aromatic N) is 4. The summed E-state index contributed by atoms with van der Waals surface area (Å²) in [7, 11) is 1.68. The predicted octanol–water partition coefficient (Wildman–Crippen LogP) is 2.65. The average molecular weight is 340 g/mol. The van der Waals surface area contributed by atoms with Crippen LogP contribution in [0.1, 0.15) is 51.9 Å². The van der Waals surface area contributed by atoms with Gasteiger partial charge in [-0.25, -0.2) is 9.97 Å². The summed E-state index contributed by atoms with van der Waals surface area (Å²) in [6.45, 7) is 5.78. The third-order valence-corrected chi connectivity index (χ3v) is 4.70. The maximum Gasteiger partial charge on any atom is 0.272 e. The highest BCUT2D eigenvalue weighted by atomic mass is 16.5. The molecule has 0 bridgehead atoms. The maximum absolute atomic E-state index is 12.7. The van der Waals surface area contributed by atoms with E-state index in [0.29, 0.717) is 18.2 Å². The molecular weight excluding hydrogens is 316 g/mol. The molecule has 0 radical (unpaired) electrons. The number of hydrogen-bond acceptors (Lipinski definition) is 5. The van der Waals surface area contributed by atoms with E-state index in [0.717, 1.165) is 48.6 Å². The minimum absolute atomic E-state index is 0.0209. The lowest BCUT2D eigenvalue weighted by molar-refractivity contribution is 0.0704. The summed E-state index contributed by atoms with van der Waals surface area (Å²) in [5, 5.41) is 0. The molecule has 132 valence electrons. The van der Waals surface area contributed by atoms with E-state index >= 15 is 0 Å². The van der Waals surface area contributed by atoms with Gasteiger partial charge in [-0.3, -0.25) is 9.78 Å². The lowest BCUT2D eigenvalue weighted by Gasteiger charge is -2.32. The Balaban J connectivity index is 1.71. The second-order valence-corrected chi connectivity index (χ2v) is 6.50. The molecule has 0 aromatic carbocycles. The summed E-state index contributed by atoms with van der Waals surface area (Å²) in [6, 6.07) is 3.78. The van der Waals surface area contributed by atoms with Crippen LogP contribution in [0.25, 0.3) is 0 Å². The van der Waals surface area contributed by atoms with Gasteiger partial charge in [0.15, 0.2) is 0 Å². The number of hydrogen-bond donors (Lipinski definition) is 0. The fraction of sp³-hybridized carbons (Fsp3) is 0.474. The molecule has 1 fully saturated rings. The highest BCUT2D eigenvalue weighted by molar-refractivity contribution is 5.93. The Labute approximate surface area is 148 Å². The van der Waals surface area contributed by atoms with Crippen molar-refractivity contribution in [1.82, 2.24) is 19.9 Å². The molecule has 0 unspecified atom stereocenters. The van der Waals surface area contributed by atoms with Crippen LogP contribution in [0.4, 0.5) is 0 Å². The van der Waals surface area contributed by atoms with Crippen molar-refractivity contribution in [3.8, 4) is 0 Å². The van der Waals surface area contributed by atoms with Gasteiger partial charge < -0.3 is 9.64 Å². The minimum atomic E-state index is 0.0209. The molecule has 1 amide bonds. The monoisotopic (exact) mass is 340 g/mol. The summed E-state index contributed by atoms with van der Waals surface area (Å²) >= 11 is 0. The van der Waals surface area contributed by atoms with E-state index < -0.39 is 0 Å². The van der Waals surface area contributed by atoms with E-state index in [4.69, 9.17) is 4.74 Å². The van der Waals surface area contributed by atoms with Crippen molar-refractivity contribution >= 4 is 5.91 Å². The molecule has 25 heavy (non-hydrogen) atoms. The summed E-state index contributed by atoms with van der Waals surface area (Å²) in [6.07, 6.45) is 5.32. The Hall–Kier alpha value is -2.34. The predicted molar refractivity (Wildman–Crippen MR) is 94.3 cm³/mol. The second-order valence-electron chi connectivity index (χ2n) is 6.50. The number of aryl methyl sites for hydroxylation is 2. The van der Waals surface area contributed by atoms with Gasteiger partial charge in [0.05, 0.1) is 12.3 Å². The zero-order valence-corrected chi connectivity index (χ0v) is 15.0. The standard InChI is InChI=1S/C19H24N4O2/c1-13-5-4-8-20-17(13)19(24)23-9-6-15(7-10-23)18-16(12-25-3)11-21-14(2)22-18/h4-5,8,11,15H,6-7,9-10,12H2,1-3H3. The molecule has 2 aromatic rings. The third-order valence-electron chi connectivity index (χ3n) is 4.70. The van der Waals surface area contributed by atoms with Crippen LogP contribution in [0, 0.1) is 13.8 Å². The second kappa shape index (κ2) is 7.70. The van der Waals surface area contributed by atoms with Crippen LogP contribution in [0.5, 0.6) is 0 Å². The highest BCUT2D eigenvalue weighted by Gasteiger charge is 2.28. The van der Waals surface area contributed by atoms with Gasteiger partial charge in [-0.1, -0.05) is 6.07 Å². The van der Waals surface area contributed by atoms with Crippen LogP contribution in [0.15, 0.2) is 24.5 Å². The molecule has 6 nitrogen and oxygen atoms in total. The van der Waals surface area contributed by atoms with Crippen molar-refractivity contribution in [2.75, 3.05) is 20.2 Å². The Morgan fingerprint density at radius 3 is 2.72 bits per heavy atom. The van der Waals surface area contributed by atoms with Crippen LogP contribution in [0.2, 0.25) is 0 Å². The van der Waals surface area contributed by atoms with Gasteiger partial charge in [0.1, 0.15) is 11.5 Å². The van der Waals surface area contributed by atoms with Crippen LogP contribution in [-0.4, -0.2) is 46.0 Å². The number of ether oxygens (including phenoxy) is 1. The van der Waals surface area contributed by atoms with Gasteiger partial charge in [0, 0.05) is 44.1 Å². The molecule has 0 aliphatic carbocycles. The first-order valence-corrected chi connectivity index (χ1v) is 8.62. The van der Waals surface area contributed by atoms with Crippen LogP contribution in [-0.2, 0) is 11.3 Å². The minimum Gasteiger partial charge on any atom is -0.380 e. The number of aromatic nitrogens is 3. The van der Waals surface area contributed by atoms with Gasteiger partial charge in [-0.05, 0) is 38.3 Å². The Kier molecular flexibility index (Phi) is 5.38. The van der Waals surface area contributed by atoms with Crippen molar-refractivity contribution in [2.45, 2.75) is 39.2 Å². The highest BCUT2D eigenvalue weighted by Crippen LogP contribution is 2.30. The fourth-order valence-electron chi connectivity index (χ4n) is 3.35. The van der Waals surface area contributed by atoms with Gasteiger partial charge in [-0.15, -0.1) is 0 Å². The van der Waals surface area contributed by atoms with Crippen molar-refractivity contribution in [3.63, 3.8) is 0 Å². The van der Waals surface area contributed by atoms with Crippen molar-refractivity contribution < 1.29 is 9.53 Å². The number of pyridine rings is 1. The van der Waals surface area contributed by atoms with E-state index in [1.165, 1.54) is 0 Å². The van der Waals surface area contributed by atoms with Crippen LogP contribution >= 0.6 is 0 Å². The van der Waals surface area contributed by atoms with Crippen molar-refractivity contribution in [1.29, 1.82) is 0 Å². The van der Waals surface area contributed by atoms with E-state index in [2.05, 4.69) is 15.0 Å². The molecule has 1 saturated heterocycles. The SMILES string of the molecule is COCc1cnc(C)nc1C1CCN(C(=O)c2ncccc2C)CC1. The molecule has 0 saturated carbocycles. The largest absolute Gasteiger partial charge is 0.380 e. The Morgan fingerprint density at radius 2 is 2.04 bits per heavy atom. The van der Waals surface area contributed by atoms with Gasteiger partial charge in [0.2, 0.25) is 0 Å². The molecule has 1 aliphatic heterocycles. The fourth-order valence-corrected chi connectivity index (χ4v) is 3.35. The maximum atomic E-state index is 12.7. The van der Waals surface area contributed by atoms with E-state index in [1.807, 2.05) is 37.1 Å². The number of carbonyl (C=O) groups excluding carboxylic acids is 1. The number of piperidine rings is 1. The molecule has 3 rings (SSSR count). The summed E-state index contributed by atoms with van der Waals surface area (Å²) < 4.78 is 5.28. The van der Waals surface area contributed by atoms with E-state index in [1.54, 1.807) is 13.3 Å². The van der Waals surface area contributed by atoms with Crippen molar-refractivity contribution in [2.24, 2.45) is 0 Å². The van der Waals surface area contributed by atoms with Gasteiger partial charge >= 0.3 is 0 Å². The smallest absolute Gasteiger partial charge is 0.272 e. The molecule has 3 heterocycles. The summed E-state index contributed by atoms with van der Waals surface area (Å²) in [5.74, 6) is 1.13. The molecule has 2 aromatic heterocycles. The summed E-state index contributed by atoms with van der Waals surface area (Å²) in [4.78, 5) is 27.8. The number of likely N-dealkylation sites (tertiary alicyclic amines) is 1. The normalized spacial score (nSPS) is 15.4. The Morgan fingerprint density at radius 1 is 1.28 bits per heavy atom. The average Bonchev–Trinajstić information content (AvgIpc) is 2.63. The van der Waals surface area contributed by atoms with Gasteiger partial charge in [0.25, 0.3) is 5.91 Å². The van der Waals surface area contributed by atoms with Crippen LogP contribution < -0.4 is 0 Å². The quantitative estimate of drug-likeness (QED) is 0.856. The van der Waals surface area contributed by atoms with Crippen LogP contribution in [0.3, 0.4) is 0 Å². The molecule has 0 spiro atoms. The lowest BCUT2D eigenvalue weighted by atomic mass is 9.90.